The van der Waals surface area contributed by atoms with Gasteiger partial charge in [0.2, 0.25) is 0 Å². The van der Waals surface area contributed by atoms with E-state index >= 15 is 0 Å². The van der Waals surface area contributed by atoms with Gasteiger partial charge in [0.25, 0.3) is 0 Å². The van der Waals surface area contributed by atoms with Crippen molar-refractivity contribution >= 4 is 36.6 Å². The number of hydrogen-bond acceptors (Lipinski definition) is 7. The van der Waals surface area contributed by atoms with Crippen LogP contribution < -0.4 is 5.32 Å². The highest BCUT2D eigenvalue weighted by Gasteiger charge is 2.52. The van der Waals surface area contributed by atoms with Crippen molar-refractivity contribution in [3.63, 3.8) is 0 Å². The molecule has 1 N–H and O–H groups in total. The summed E-state index contributed by atoms with van der Waals surface area (Å²) in [5.74, 6) is -0.390. The lowest BCUT2D eigenvalue weighted by atomic mass is 9.77. The molecule has 1 fully saturated rings. The molecule has 2 heterocycles. The first-order valence-corrected chi connectivity index (χ1v) is 10.3. The minimum atomic E-state index is -0.642. The molecule has 29 heavy (non-hydrogen) atoms. The molecule has 0 atom stereocenters. The number of alkyl carbamates (subject to hydrolysis) is 1. The van der Waals surface area contributed by atoms with Crippen LogP contribution >= 0.6 is 11.3 Å². The molecule has 0 aliphatic carbocycles. The van der Waals surface area contributed by atoms with Gasteiger partial charge in [-0.15, -0.1) is 11.3 Å². The van der Waals surface area contributed by atoms with Crippen molar-refractivity contribution in [1.82, 2.24) is 5.32 Å². The van der Waals surface area contributed by atoms with Gasteiger partial charge >= 0.3 is 19.2 Å². The molecule has 160 valence electrons. The molecule has 1 aromatic rings. The number of esters is 1. The van der Waals surface area contributed by atoms with Gasteiger partial charge in [0.1, 0.15) is 10.5 Å². The third-order valence-electron chi connectivity index (χ3n) is 4.75. The summed E-state index contributed by atoms with van der Waals surface area (Å²) in [6.07, 6.45) is 1.32. The van der Waals surface area contributed by atoms with Crippen LogP contribution in [0.15, 0.2) is 16.9 Å². The normalized spacial score (nSPS) is 18.5. The van der Waals surface area contributed by atoms with Gasteiger partial charge in [-0.3, -0.25) is 0 Å². The van der Waals surface area contributed by atoms with Gasteiger partial charge in [-0.25, -0.2) is 9.59 Å². The molecule has 2 rings (SSSR count). The van der Waals surface area contributed by atoms with Gasteiger partial charge in [-0.1, -0.05) is 6.08 Å². The van der Waals surface area contributed by atoms with Crippen LogP contribution in [0.2, 0.25) is 0 Å². The molecule has 7 nitrogen and oxygen atoms in total. The van der Waals surface area contributed by atoms with E-state index in [9.17, 15) is 9.59 Å². The molecule has 0 spiro atoms. The van der Waals surface area contributed by atoms with E-state index in [1.54, 1.807) is 26.8 Å². The van der Waals surface area contributed by atoms with Crippen molar-refractivity contribution in [2.45, 2.75) is 65.3 Å². The second-order valence-electron chi connectivity index (χ2n) is 8.90. The molecule has 1 aliphatic heterocycles. The van der Waals surface area contributed by atoms with E-state index in [0.29, 0.717) is 10.3 Å². The average molecular weight is 423 g/mol. The fourth-order valence-electron chi connectivity index (χ4n) is 2.53. The molecule has 1 saturated heterocycles. The first-order chi connectivity index (χ1) is 13.2. The van der Waals surface area contributed by atoms with Crippen molar-refractivity contribution in [1.29, 1.82) is 0 Å². The molecular weight excluding hydrogens is 393 g/mol. The number of amides is 1. The first-order valence-electron chi connectivity index (χ1n) is 9.44. The summed E-state index contributed by atoms with van der Waals surface area (Å²) in [6.45, 7) is 13.4. The average Bonchev–Trinajstić information content (AvgIpc) is 3.11. The first kappa shape index (κ1) is 23.4. The van der Waals surface area contributed by atoms with E-state index in [1.165, 1.54) is 18.4 Å². The van der Waals surface area contributed by atoms with Crippen LogP contribution in [0.4, 0.5) is 4.79 Å². The second kappa shape index (κ2) is 8.49. The summed E-state index contributed by atoms with van der Waals surface area (Å²) in [6, 6.07) is 1.73. The van der Waals surface area contributed by atoms with E-state index < -0.39 is 36.0 Å². The van der Waals surface area contributed by atoms with Gasteiger partial charge < -0.3 is 24.1 Å². The summed E-state index contributed by atoms with van der Waals surface area (Å²) in [5, 5.41) is 4.59. The Bertz CT molecular complexity index is 777. The highest BCUT2D eigenvalue weighted by atomic mass is 32.1. The Hall–Kier alpha value is -1.84. The molecular formula is C20H30BNO6S. The molecule has 1 amide bonds. The number of carbonyl (C=O) groups is 2. The Morgan fingerprint density at radius 3 is 2.31 bits per heavy atom. The number of methoxy groups -OCH3 is 1. The summed E-state index contributed by atoms with van der Waals surface area (Å²) in [7, 11) is 0.703. The third kappa shape index (κ3) is 6.07. The van der Waals surface area contributed by atoms with Crippen molar-refractivity contribution in [2.75, 3.05) is 13.7 Å². The van der Waals surface area contributed by atoms with Crippen molar-refractivity contribution < 1.29 is 28.4 Å². The van der Waals surface area contributed by atoms with Crippen molar-refractivity contribution in [2.24, 2.45) is 0 Å². The van der Waals surface area contributed by atoms with E-state index in [0.717, 1.165) is 5.56 Å². The van der Waals surface area contributed by atoms with Crippen LogP contribution in [0.3, 0.4) is 0 Å². The predicted octanol–water partition coefficient (Wildman–Crippen LogP) is 4.07. The Morgan fingerprint density at radius 1 is 1.21 bits per heavy atom. The van der Waals surface area contributed by atoms with Crippen molar-refractivity contribution in [3.05, 3.63) is 27.4 Å². The van der Waals surface area contributed by atoms with Gasteiger partial charge in [0.05, 0.1) is 18.3 Å². The minimum Gasteiger partial charge on any atom is -0.465 e. The molecule has 0 saturated carbocycles. The molecule has 0 bridgehead atoms. The standard InChI is InChI=1S/C20H30BNO6S/c1-18(2,3)26-17(24)22-11-14(21-27-19(4,5)20(6,7)28-21)9-13-10-15(29-12-13)16(23)25-8/h9-10,12H,11H2,1-8H3,(H,22,24). The number of nitrogens with one attached hydrogen (secondary N) is 1. The number of carbonyl (C=O) groups excluding carboxylic acids is 2. The van der Waals surface area contributed by atoms with E-state index in [4.69, 9.17) is 18.8 Å². The van der Waals surface area contributed by atoms with Crippen LogP contribution in [-0.2, 0) is 18.8 Å². The number of thiophene rings is 1. The zero-order valence-electron chi connectivity index (χ0n) is 18.4. The lowest BCUT2D eigenvalue weighted by Gasteiger charge is -2.32. The van der Waals surface area contributed by atoms with Gasteiger partial charge in [-0.2, -0.15) is 0 Å². The number of rotatable bonds is 5. The Balaban J connectivity index is 2.25. The SMILES string of the molecule is COC(=O)c1cc(C=C(CNC(=O)OC(C)(C)C)B2OC(C)(C)C(C)(C)O2)cs1. The largest absolute Gasteiger partial charge is 0.492 e. The predicted molar refractivity (Wildman–Crippen MR) is 114 cm³/mol. The van der Waals surface area contributed by atoms with Gasteiger partial charge in [0.15, 0.2) is 0 Å². The lowest BCUT2D eigenvalue weighted by Crippen LogP contribution is -2.41. The van der Waals surface area contributed by atoms with Gasteiger partial charge in [-0.05, 0) is 70.9 Å². The summed E-state index contributed by atoms with van der Waals surface area (Å²) >= 11 is 1.29. The quantitative estimate of drug-likeness (QED) is 0.568. The molecule has 0 radical (unpaired) electrons. The molecule has 1 aromatic heterocycles. The maximum Gasteiger partial charge on any atom is 0.492 e. The van der Waals surface area contributed by atoms with Crippen LogP contribution in [0, 0.1) is 0 Å². The Kier molecular flexibility index (Phi) is 6.87. The van der Waals surface area contributed by atoms with Crippen LogP contribution in [0.25, 0.3) is 6.08 Å². The van der Waals surface area contributed by atoms with Crippen LogP contribution in [0.5, 0.6) is 0 Å². The summed E-state index contributed by atoms with van der Waals surface area (Å²) in [4.78, 5) is 24.3. The second-order valence-corrected chi connectivity index (χ2v) is 9.81. The third-order valence-corrected chi connectivity index (χ3v) is 5.68. The molecule has 9 heteroatoms. The maximum atomic E-state index is 12.1. The monoisotopic (exact) mass is 423 g/mol. The fraction of sp³-hybridized carbons (Fsp3) is 0.600. The number of ether oxygens (including phenoxy) is 2. The zero-order chi connectivity index (χ0) is 22.0. The Labute approximate surface area is 176 Å². The maximum absolute atomic E-state index is 12.1. The van der Waals surface area contributed by atoms with Crippen LogP contribution in [0.1, 0.15) is 63.7 Å². The van der Waals surface area contributed by atoms with E-state index in [1.807, 2.05) is 39.2 Å². The highest BCUT2D eigenvalue weighted by Crippen LogP contribution is 2.38. The van der Waals surface area contributed by atoms with Crippen LogP contribution in [-0.4, -0.2) is 49.6 Å². The van der Waals surface area contributed by atoms with Gasteiger partial charge in [0, 0.05) is 6.54 Å². The summed E-state index contributed by atoms with van der Waals surface area (Å²) < 4.78 is 22.3. The topological polar surface area (TPSA) is 83.1 Å². The fourth-order valence-corrected chi connectivity index (χ4v) is 3.32. The summed E-state index contributed by atoms with van der Waals surface area (Å²) in [5.41, 5.74) is -0.126. The molecule has 0 aromatic carbocycles. The minimum absolute atomic E-state index is 0.176. The highest BCUT2D eigenvalue weighted by molar-refractivity contribution is 7.12. The molecule has 1 aliphatic rings. The Morgan fingerprint density at radius 2 is 1.79 bits per heavy atom. The van der Waals surface area contributed by atoms with E-state index in [2.05, 4.69) is 5.32 Å². The van der Waals surface area contributed by atoms with E-state index in [-0.39, 0.29) is 6.54 Å². The smallest absolute Gasteiger partial charge is 0.465 e. The zero-order valence-corrected chi connectivity index (χ0v) is 19.2. The lowest BCUT2D eigenvalue weighted by molar-refractivity contribution is 0.00578. The molecule has 0 unspecified atom stereocenters. The number of hydrogen-bond donors (Lipinski definition) is 1. The van der Waals surface area contributed by atoms with Crippen molar-refractivity contribution in [3.8, 4) is 0 Å².